The minimum absolute atomic E-state index is 0.0176. The number of aromatic nitrogens is 2. The van der Waals surface area contributed by atoms with Crippen LogP contribution in [0.5, 0.6) is 5.75 Å². The summed E-state index contributed by atoms with van der Waals surface area (Å²) in [5, 5.41) is 9.46. The van der Waals surface area contributed by atoms with Crippen molar-refractivity contribution in [1.82, 2.24) is 20.4 Å². The van der Waals surface area contributed by atoms with E-state index in [0.29, 0.717) is 28.5 Å². The van der Waals surface area contributed by atoms with E-state index in [-0.39, 0.29) is 30.1 Å². The normalized spacial score (nSPS) is 12.4. The highest BCUT2D eigenvalue weighted by Gasteiger charge is 2.36. The Morgan fingerprint density at radius 1 is 1.11 bits per heavy atom. The van der Waals surface area contributed by atoms with Gasteiger partial charge in [0.25, 0.3) is 5.91 Å². The van der Waals surface area contributed by atoms with Crippen LogP contribution in [-0.4, -0.2) is 34.7 Å². The first-order valence-electron chi connectivity index (χ1n) is 11.2. The first kappa shape index (κ1) is 25.8. The molecule has 12 heteroatoms. The van der Waals surface area contributed by atoms with E-state index >= 15 is 0 Å². The van der Waals surface area contributed by atoms with E-state index in [1.165, 1.54) is 20.1 Å². The van der Waals surface area contributed by atoms with Crippen molar-refractivity contribution in [2.75, 3.05) is 7.11 Å². The van der Waals surface area contributed by atoms with Crippen molar-refractivity contribution in [2.45, 2.75) is 32.2 Å². The fourth-order valence-electron chi connectivity index (χ4n) is 3.67. The molecule has 2 aromatic carbocycles. The molecule has 0 saturated carbocycles. The molecular weight excluding hydrogens is 491 g/mol. The van der Waals surface area contributed by atoms with Crippen molar-refractivity contribution in [3.63, 3.8) is 0 Å². The maximum Gasteiger partial charge on any atom is 0.435 e. The maximum atomic E-state index is 13.6. The van der Waals surface area contributed by atoms with Gasteiger partial charge in [-0.1, -0.05) is 30.3 Å². The number of fused-ring (bicyclic) bond motifs is 1. The number of furan rings is 1. The molecule has 0 saturated heterocycles. The number of para-hydroxylation sites is 2. The third-order valence-electron chi connectivity index (χ3n) is 5.52. The first-order chi connectivity index (χ1) is 17.6. The molecule has 0 unspecified atom stereocenters. The summed E-state index contributed by atoms with van der Waals surface area (Å²) in [6.07, 6.45) is -4.78. The second-order valence-electron chi connectivity index (χ2n) is 8.23. The molecule has 0 aliphatic rings. The molecule has 2 amide bonds. The molecule has 0 bridgehead atoms. The third kappa shape index (κ3) is 5.59. The molecule has 194 valence electrons. The summed E-state index contributed by atoms with van der Waals surface area (Å²) in [5.74, 6) is -0.295. The SMILES string of the molecule is COc1ccccc1CNC(=O)c1cc(C(F)(F)F)nn1-c1cccc2cc(CNC(=O)[C@H](C)N)oc12. The van der Waals surface area contributed by atoms with Crippen LogP contribution < -0.4 is 21.1 Å². The number of hydrogen-bond donors (Lipinski definition) is 3. The highest BCUT2D eigenvalue weighted by molar-refractivity contribution is 5.95. The molecule has 0 fully saturated rings. The van der Waals surface area contributed by atoms with Crippen LogP contribution in [0, 0.1) is 0 Å². The average Bonchev–Trinajstić information content (AvgIpc) is 3.50. The van der Waals surface area contributed by atoms with Gasteiger partial charge in [-0.05, 0) is 25.1 Å². The molecule has 0 aliphatic carbocycles. The average molecular weight is 515 g/mol. The van der Waals surface area contributed by atoms with E-state index in [0.717, 1.165) is 4.68 Å². The number of methoxy groups -OCH3 is 1. The van der Waals surface area contributed by atoms with E-state index in [4.69, 9.17) is 14.9 Å². The summed E-state index contributed by atoms with van der Waals surface area (Å²) in [6.45, 7) is 1.57. The smallest absolute Gasteiger partial charge is 0.435 e. The Hall–Kier alpha value is -4.32. The zero-order chi connectivity index (χ0) is 26.7. The lowest BCUT2D eigenvalue weighted by atomic mass is 10.2. The van der Waals surface area contributed by atoms with Crippen molar-refractivity contribution in [3.8, 4) is 11.4 Å². The fourth-order valence-corrected chi connectivity index (χ4v) is 3.67. The molecule has 1 atom stereocenters. The van der Waals surface area contributed by atoms with Crippen LogP contribution in [0.3, 0.4) is 0 Å². The zero-order valence-corrected chi connectivity index (χ0v) is 19.9. The Morgan fingerprint density at radius 2 is 1.86 bits per heavy atom. The summed E-state index contributed by atoms with van der Waals surface area (Å²) in [7, 11) is 1.48. The molecule has 4 rings (SSSR count). The number of nitrogens with two attached hydrogens (primary N) is 1. The van der Waals surface area contributed by atoms with Crippen LogP contribution in [-0.2, 0) is 24.1 Å². The van der Waals surface area contributed by atoms with Gasteiger partial charge in [0.2, 0.25) is 5.91 Å². The first-order valence-corrected chi connectivity index (χ1v) is 11.2. The van der Waals surface area contributed by atoms with Gasteiger partial charge < -0.3 is 25.5 Å². The van der Waals surface area contributed by atoms with Crippen molar-refractivity contribution in [2.24, 2.45) is 5.73 Å². The number of nitrogens with zero attached hydrogens (tertiary/aromatic N) is 2. The van der Waals surface area contributed by atoms with Gasteiger partial charge in [-0.15, -0.1) is 0 Å². The fraction of sp³-hybridized carbons (Fsp3) is 0.240. The molecule has 37 heavy (non-hydrogen) atoms. The van der Waals surface area contributed by atoms with Crippen LogP contribution >= 0.6 is 0 Å². The molecular formula is C25H24F3N5O4. The van der Waals surface area contributed by atoms with Gasteiger partial charge in [-0.25, -0.2) is 4.68 Å². The summed E-state index contributed by atoms with van der Waals surface area (Å²) in [6, 6.07) is 13.3. The predicted octanol–water partition coefficient (Wildman–Crippen LogP) is 3.54. The van der Waals surface area contributed by atoms with E-state index in [9.17, 15) is 22.8 Å². The number of carbonyl (C=O) groups excluding carboxylic acids is 2. The maximum absolute atomic E-state index is 13.6. The summed E-state index contributed by atoms with van der Waals surface area (Å²) >= 11 is 0. The van der Waals surface area contributed by atoms with Gasteiger partial charge in [-0.3, -0.25) is 9.59 Å². The second kappa shape index (κ2) is 10.3. The summed E-state index contributed by atoms with van der Waals surface area (Å²) in [4.78, 5) is 24.9. The third-order valence-corrected chi connectivity index (χ3v) is 5.52. The Labute approximate surface area is 209 Å². The van der Waals surface area contributed by atoms with Crippen LogP contribution in [0.15, 0.2) is 59.0 Å². The lowest BCUT2D eigenvalue weighted by molar-refractivity contribution is -0.141. The number of ether oxygens (including phenoxy) is 1. The van der Waals surface area contributed by atoms with Gasteiger partial charge in [0.15, 0.2) is 11.3 Å². The molecule has 2 heterocycles. The number of rotatable bonds is 8. The molecule has 4 aromatic rings. The summed E-state index contributed by atoms with van der Waals surface area (Å²) in [5.41, 5.74) is 4.94. The highest BCUT2D eigenvalue weighted by Crippen LogP contribution is 2.32. The molecule has 0 radical (unpaired) electrons. The predicted molar refractivity (Wildman–Crippen MR) is 128 cm³/mol. The van der Waals surface area contributed by atoms with Crippen molar-refractivity contribution in [1.29, 1.82) is 0 Å². The van der Waals surface area contributed by atoms with Gasteiger partial charge in [-0.2, -0.15) is 18.3 Å². The lowest BCUT2D eigenvalue weighted by Gasteiger charge is -2.11. The molecule has 0 spiro atoms. The number of hydrogen-bond acceptors (Lipinski definition) is 6. The number of amides is 2. The van der Waals surface area contributed by atoms with E-state index in [1.54, 1.807) is 42.5 Å². The highest BCUT2D eigenvalue weighted by atomic mass is 19.4. The Balaban J connectivity index is 1.69. The topological polar surface area (TPSA) is 124 Å². The minimum atomic E-state index is -4.78. The zero-order valence-electron chi connectivity index (χ0n) is 19.9. The minimum Gasteiger partial charge on any atom is -0.496 e. The molecule has 0 aliphatic heterocycles. The van der Waals surface area contributed by atoms with Crippen molar-refractivity contribution in [3.05, 3.63) is 77.3 Å². The van der Waals surface area contributed by atoms with Crippen molar-refractivity contribution < 1.29 is 31.9 Å². The number of nitrogens with one attached hydrogen (secondary N) is 2. The Morgan fingerprint density at radius 3 is 2.57 bits per heavy atom. The lowest BCUT2D eigenvalue weighted by Crippen LogP contribution is -2.37. The quantitative estimate of drug-likeness (QED) is 0.330. The second-order valence-corrected chi connectivity index (χ2v) is 8.23. The number of benzene rings is 2. The van der Waals surface area contributed by atoms with Crippen LogP contribution in [0.4, 0.5) is 13.2 Å². The van der Waals surface area contributed by atoms with Crippen LogP contribution in [0.1, 0.15) is 34.4 Å². The standard InChI is InChI=1S/C25H24F3N5O4/c1-14(29)23(34)31-13-17-10-15-7-5-8-18(22(15)37-17)33-19(11-21(32-33)25(26,27)28)24(35)30-12-16-6-3-4-9-20(16)36-2/h3-11,14H,12-13,29H2,1-2H3,(H,30,35)(H,31,34)/t14-/m0/s1. The molecule has 4 N–H and O–H groups in total. The van der Waals surface area contributed by atoms with Gasteiger partial charge in [0, 0.05) is 23.6 Å². The van der Waals surface area contributed by atoms with Crippen molar-refractivity contribution >= 4 is 22.8 Å². The van der Waals surface area contributed by atoms with E-state index < -0.39 is 29.7 Å². The Bertz CT molecular complexity index is 1440. The van der Waals surface area contributed by atoms with Gasteiger partial charge >= 0.3 is 6.18 Å². The number of alkyl halides is 3. The monoisotopic (exact) mass is 515 g/mol. The van der Waals surface area contributed by atoms with Crippen LogP contribution in [0.2, 0.25) is 0 Å². The van der Waals surface area contributed by atoms with E-state index in [1.807, 2.05) is 0 Å². The Kier molecular flexibility index (Phi) is 7.21. The largest absolute Gasteiger partial charge is 0.496 e. The van der Waals surface area contributed by atoms with E-state index in [2.05, 4.69) is 15.7 Å². The van der Waals surface area contributed by atoms with Gasteiger partial charge in [0.1, 0.15) is 22.9 Å². The molecule has 2 aromatic heterocycles. The number of halogens is 3. The summed E-state index contributed by atoms with van der Waals surface area (Å²) < 4.78 is 52.7. The molecule has 9 nitrogen and oxygen atoms in total. The van der Waals surface area contributed by atoms with Gasteiger partial charge in [0.05, 0.1) is 19.7 Å². The number of carbonyl (C=O) groups is 2. The van der Waals surface area contributed by atoms with Crippen LogP contribution in [0.25, 0.3) is 16.7 Å².